The number of aryl methyl sites for hydroxylation is 1. The third kappa shape index (κ3) is 4.35. The summed E-state index contributed by atoms with van der Waals surface area (Å²) >= 11 is 0. The number of benzene rings is 1. The van der Waals surface area contributed by atoms with Crippen molar-refractivity contribution in [3.63, 3.8) is 0 Å². The van der Waals surface area contributed by atoms with E-state index in [2.05, 4.69) is 0 Å². The molecule has 5 nitrogen and oxygen atoms in total. The Morgan fingerprint density at radius 2 is 1.38 bits per heavy atom. The van der Waals surface area contributed by atoms with E-state index in [1.807, 2.05) is 5.43 Å². The van der Waals surface area contributed by atoms with Gasteiger partial charge in [-0.05, 0) is 31.2 Å². The minimum Gasteiger partial charge on any atom is -0.469 e. The van der Waals surface area contributed by atoms with E-state index in [9.17, 15) is 35.9 Å². The van der Waals surface area contributed by atoms with Gasteiger partial charge in [-0.2, -0.15) is 26.3 Å². The molecule has 1 heterocycles. The van der Waals surface area contributed by atoms with E-state index in [0.29, 0.717) is 0 Å². The summed E-state index contributed by atoms with van der Waals surface area (Å²) < 4.78 is 81.4. The number of carbonyl (C=O) groups is 2. The van der Waals surface area contributed by atoms with Gasteiger partial charge in [-0.1, -0.05) is 0 Å². The van der Waals surface area contributed by atoms with Crippen LogP contribution in [0.15, 0.2) is 34.9 Å². The number of carbonyl (C=O) groups excluding carboxylic acids is 2. The molecule has 26 heavy (non-hydrogen) atoms. The largest absolute Gasteiger partial charge is 0.469 e. The van der Waals surface area contributed by atoms with Crippen LogP contribution in [0.4, 0.5) is 26.3 Å². The summed E-state index contributed by atoms with van der Waals surface area (Å²) in [7, 11) is 0. The van der Waals surface area contributed by atoms with E-state index in [1.165, 1.54) is 19.3 Å². The first-order valence-electron chi connectivity index (χ1n) is 6.84. The van der Waals surface area contributed by atoms with Crippen molar-refractivity contribution in [1.82, 2.24) is 10.9 Å². The zero-order valence-electron chi connectivity index (χ0n) is 12.9. The fourth-order valence-electron chi connectivity index (χ4n) is 1.96. The van der Waals surface area contributed by atoms with Crippen LogP contribution in [-0.2, 0) is 12.4 Å². The van der Waals surface area contributed by atoms with E-state index in [1.54, 1.807) is 5.43 Å². The monoisotopic (exact) mass is 380 g/mol. The summed E-state index contributed by atoms with van der Waals surface area (Å²) in [6.07, 6.45) is -8.99. The van der Waals surface area contributed by atoms with Crippen LogP contribution in [0, 0.1) is 6.92 Å². The van der Waals surface area contributed by atoms with Gasteiger partial charge in [0.05, 0.1) is 23.0 Å². The van der Waals surface area contributed by atoms with Crippen molar-refractivity contribution in [2.75, 3.05) is 0 Å². The van der Waals surface area contributed by atoms with Crippen molar-refractivity contribution in [2.45, 2.75) is 19.3 Å². The Bertz CT molecular complexity index is 806. The quantitative estimate of drug-likeness (QED) is 0.617. The normalized spacial score (nSPS) is 12.0. The van der Waals surface area contributed by atoms with Crippen LogP contribution in [-0.4, -0.2) is 11.8 Å². The SMILES string of the molecule is Cc1occc1C(=O)NNC(=O)c1cc(C(F)(F)F)cc(C(F)(F)F)c1. The van der Waals surface area contributed by atoms with Gasteiger partial charge in [-0.3, -0.25) is 20.4 Å². The summed E-state index contributed by atoms with van der Waals surface area (Å²) in [4.78, 5) is 23.6. The molecule has 2 rings (SSSR count). The van der Waals surface area contributed by atoms with Crippen LogP contribution in [0.5, 0.6) is 0 Å². The molecule has 0 spiro atoms. The van der Waals surface area contributed by atoms with Crippen molar-refractivity contribution in [3.8, 4) is 0 Å². The fourth-order valence-corrected chi connectivity index (χ4v) is 1.96. The number of hydrogen-bond acceptors (Lipinski definition) is 3. The predicted octanol–water partition coefficient (Wildman–Crippen LogP) is 3.70. The number of hydrazine groups is 1. The highest BCUT2D eigenvalue weighted by atomic mass is 19.4. The molecule has 140 valence electrons. The molecule has 11 heteroatoms. The van der Waals surface area contributed by atoms with Crippen molar-refractivity contribution in [2.24, 2.45) is 0 Å². The smallest absolute Gasteiger partial charge is 0.416 e. The molecular formula is C15H10F6N2O3. The molecule has 0 aliphatic carbocycles. The first-order valence-corrected chi connectivity index (χ1v) is 6.84. The van der Waals surface area contributed by atoms with Gasteiger partial charge in [-0.15, -0.1) is 0 Å². The van der Waals surface area contributed by atoms with Gasteiger partial charge in [0.1, 0.15) is 5.76 Å². The molecule has 1 aromatic heterocycles. The molecule has 0 aliphatic heterocycles. The third-order valence-corrected chi connectivity index (χ3v) is 3.24. The number of nitrogens with one attached hydrogen (secondary N) is 2. The highest BCUT2D eigenvalue weighted by Gasteiger charge is 2.37. The minimum atomic E-state index is -5.09. The first-order chi connectivity index (χ1) is 11.9. The molecule has 2 amide bonds. The second-order valence-corrected chi connectivity index (χ2v) is 5.09. The molecule has 0 fully saturated rings. The molecule has 0 aliphatic rings. The Morgan fingerprint density at radius 3 is 1.81 bits per heavy atom. The van der Waals surface area contributed by atoms with Crippen LogP contribution in [0.1, 0.15) is 37.6 Å². The average Bonchev–Trinajstić information content (AvgIpc) is 2.96. The van der Waals surface area contributed by atoms with E-state index in [0.717, 1.165) is 0 Å². The molecule has 0 bridgehead atoms. The van der Waals surface area contributed by atoms with Crippen LogP contribution in [0.3, 0.4) is 0 Å². The molecule has 0 atom stereocenters. The molecule has 0 radical (unpaired) electrons. The second kappa shape index (κ2) is 6.73. The number of hydrogen-bond donors (Lipinski definition) is 2. The Morgan fingerprint density at radius 1 is 0.885 bits per heavy atom. The van der Waals surface area contributed by atoms with Gasteiger partial charge in [-0.25, -0.2) is 0 Å². The fraction of sp³-hybridized carbons (Fsp3) is 0.200. The summed E-state index contributed by atoms with van der Waals surface area (Å²) in [6, 6.07) is 1.66. The van der Waals surface area contributed by atoms with Crippen LogP contribution >= 0.6 is 0 Å². The van der Waals surface area contributed by atoms with E-state index >= 15 is 0 Å². The Kier molecular flexibility index (Phi) is 5.01. The number of amides is 2. The highest BCUT2D eigenvalue weighted by molar-refractivity contribution is 5.99. The third-order valence-electron chi connectivity index (χ3n) is 3.24. The highest BCUT2D eigenvalue weighted by Crippen LogP contribution is 2.36. The van der Waals surface area contributed by atoms with Crippen LogP contribution in [0.2, 0.25) is 0 Å². The van der Waals surface area contributed by atoms with Crippen molar-refractivity contribution in [1.29, 1.82) is 0 Å². The maximum absolute atomic E-state index is 12.8. The van der Waals surface area contributed by atoms with Crippen molar-refractivity contribution in [3.05, 3.63) is 58.5 Å². The topological polar surface area (TPSA) is 71.3 Å². The van der Waals surface area contributed by atoms with Gasteiger partial charge in [0.25, 0.3) is 11.8 Å². The molecule has 0 saturated carbocycles. The lowest BCUT2D eigenvalue weighted by molar-refractivity contribution is -0.143. The van der Waals surface area contributed by atoms with Crippen molar-refractivity contribution >= 4 is 11.8 Å². The van der Waals surface area contributed by atoms with Gasteiger partial charge < -0.3 is 4.42 Å². The van der Waals surface area contributed by atoms with Gasteiger partial charge in [0.2, 0.25) is 0 Å². The zero-order chi connectivity index (χ0) is 19.7. The van der Waals surface area contributed by atoms with Gasteiger partial charge in [0, 0.05) is 5.56 Å². The Hall–Kier alpha value is -2.98. The number of halogens is 6. The lowest BCUT2D eigenvalue weighted by Crippen LogP contribution is -2.41. The minimum absolute atomic E-state index is 0.0327. The summed E-state index contributed by atoms with van der Waals surface area (Å²) in [6.45, 7) is 1.44. The standard InChI is InChI=1S/C15H10F6N2O3/c1-7-11(2-3-26-7)13(25)23-22-12(24)8-4-9(14(16,17)18)6-10(5-8)15(19,20)21/h2-6H,1H3,(H,22,24)(H,23,25). The van der Waals surface area contributed by atoms with E-state index in [4.69, 9.17) is 4.42 Å². The average molecular weight is 380 g/mol. The molecular weight excluding hydrogens is 370 g/mol. The molecule has 0 unspecified atom stereocenters. The van der Waals surface area contributed by atoms with Gasteiger partial charge in [0.15, 0.2) is 0 Å². The lowest BCUT2D eigenvalue weighted by atomic mass is 10.0. The maximum Gasteiger partial charge on any atom is 0.416 e. The van der Waals surface area contributed by atoms with Crippen molar-refractivity contribution < 1.29 is 40.3 Å². The van der Waals surface area contributed by atoms with E-state index < -0.39 is 40.9 Å². The second-order valence-electron chi connectivity index (χ2n) is 5.09. The number of rotatable bonds is 2. The molecule has 2 aromatic rings. The predicted molar refractivity (Wildman–Crippen MR) is 74.8 cm³/mol. The summed E-state index contributed by atoms with van der Waals surface area (Å²) in [5.41, 5.74) is -0.539. The first kappa shape index (κ1) is 19.3. The zero-order valence-corrected chi connectivity index (χ0v) is 12.9. The number of furan rings is 1. The molecule has 2 N–H and O–H groups in total. The lowest BCUT2D eigenvalue weighted by Gasteiger charge is -2.14. The number of alkyl halides is 6. The molecule has 1 aromatic carbocycles. The summed E-state index contributed by atoms with van der Waals surface area (Å²) in [5.74, 6) is -2.00. The van der Waals surface area contributed by atoms with E-state index in [-0.39, 0.29) is 29.5 Å². The summed E-state index contributed by atoms with van der Waals surface area (Å²) in [5, 5.41) is 0. The Balaban J connectivity index is 2.25. The van der Waals surface area contributed by atoms with Gasteiger partial charge >= 0.3 is 12.4 Å². The molecule has 0 saturated heterocycles. The maximum atomic E-state index is 12.8. The Labute approximate surface area is 141 Å². The van der Waals surface area contributed by atoms with Crippen LogP contribution < -0.4 is 10.9 Å². The van der Waals surface area contributed by atoms with Crippen LogP contribution in [0.25, 0.3) is 0 Å².